The van der Waals surface area contributed by atoms with Crippen LogP contribution in [0.15, 0.2) is 53.9 Å². The van der Waals surface area contributed by atoms with Gasteiger partial charge in [-0.25, -0.2) is 0 Å². The summed E-state index contributed by atoms with van der Waals surface area (Å²) in [6.07, 6.45) is 2.28. The predicted molar refractivity (Wildman–Crippen MR) is 85.2 cm³/mol. The van der Waals surface area contributed by atoms with E-state index in [-0.39, 0.29) is 0 Å². The molecule has 0 radical (unpaired) electrons. The Morgan fingerprint density at radius 1 is 1.00 bits per heavy atom. The Balaban J connectivity index is 2.92. The van der Waals surface area contributed by atoms with E-state index in [4.69, 9.17) is 0 Å². The van der Waals surface area contributed by atoms with E-state index in [2.05, 4.69) is 81.4 Å². The molecule has 0 spiro atoms. The highest BCUT2D eigenvalue weighted by Crippen LogP contribution is 2.16. The molecule has 0 saturated carbocycles. The van der Waals surface area contributed by atoms with Crippen molar-refractivity contribution in [2.75, 3.05) is 0 Å². The Morgan fingerprint density at radius 3 is 2.00 bits per heavy atom. The molecule has 2 heteroatoms. The van der Waals surface area contributed by atoms with Gasteiger partial charge in [0.25, 0.3) is 0 Å². The summed E-state index contributed by atoms with van der Waals surface area (Å²) in [7, 11) is -2.66. The molecule has 0 aliphatic heterocycles. The van der Waals surface area contributed by atoms with E-state index in [0.29, 0.717) is 0 Å². The maximum Gasteiger partial charge on any atom is 0.111 e. The summed E-state index contributed by atoms with van der Waals surface area (Å²) in [4.78, 5) is 0. The lowest BCUT2D eigenvalue weighted by molar-refractivity contribution is 1.66. The molecule has 0 bridgehead atoms. The third-order valence-electron chi connectivity index (χ3n) is 3.08. The number of rotatable bonds is 4. The molecule has 1 aromatic rings. The van der Waals surface area contributed by atoms with Gasteiger partial charge in [-0.15, -0.1) is 0 Å². The molecule has 0 saturated heterocycles. The molecule has 0 nitrogen and oxygen atoms in total. The smallest absolute Gasteiger partial charge is 0.0994 e. The molecule has 1 rings (SSSR count). The van der Waals surface area contributed by atoms with Crippen molar-refractivity contribution in [3.63, 3.8) is 0 Å². The Hall–Kier alpha value is -0.866. The van der Waals surface area contributed by atoms with Crippen LogP contribution in [-0.2, 0) is 0 Å². The third kappa shape index (κ3) is 4.13. The second-order valence-electron chi connectivity index (χ2n) is 6.22. The molecular formula is C15H24Si2. The standard InChI is InChI=1S/C15H24Si2/c1-14(12-13-16(2,3)4)17(5,6)15-10-8-7-9-11-15/h7-13H,1H2,2-6H3/b13-12+. The third-order valence-corrected chi connectivity index (χ3v) is 7.80. The lowest BCUT2D eigenvalue weighted by Gasteiger charge is -2.24. The minimum absolute atomic E-state index is 1.12. The van der Waals surface area contributed by atoms with Crippen molar-refractivity contribution in [2.24, 2.45) is 0 Å². The van der Waals surface area contributed by atoms with E-state index in [1.807, 2.05) is 0 Å². The van der Waals surface area contributed by atoms with Gasteiger partial charge in [-0.05, 0) is 0 Å². The summed E-state index contributed by atoms with van der Waals surface area (Å²) in [5.41, 5.74) is 2.40. The highest BCUT2D eigenvalue weighted by atomic mass is 28.3. The largest absolute Gasteiger partial charge is 0.111 e. The number of allylic oxidation sites excluding steroid dienone is 2. The zero-order valence-corrected chi connectivity index (χ0v) is 13.7. The molecule has 0 atom stereocenters. The summed E-state index contributed by atoms with van der Waals surface area (Å²) in [6.45, 7) is 16.1. The van der Waals surface area contributed by atoms with Gasteiger partial charge in [0.2, 0.25) is 0 Å². The zero-order valence-electron chi connectivity index (χ0n) is 11.7. The van der Waals surface area contributed by atoms with Gasteiger partial charge in [0, 0.05) is 0 Å². The Morgan fingerprint density at radius 2 is 1.53 bits per heavy atom. The first-order valence-electron chi connectivity index (χ1n) is 6.17. The van der Waals surface area contributed by atoms with Crippen molar-refractivity contribution in [3.05, 3.63) is 53.9 Å². The van der Waals surface area contributed by atoms with Crippen LogP contribution in [0.4, 0.5) is 0 Å². The van der Waals surface area contributed by atoms with Crippen molar-refractivity contribution in [3.8, 4) is 0 Å². The second kappa shape index (κ2) is 5.19. The van der Waals surface area contributed by atoms with E-state index in [1.165, 1.54) is 10.4 Å². The molecule has 0 aliphatic rings. The topological polar surface area (TPSA) is 0 Å². The average Bonchev–Trinajstić information content (AvgIpc) is 2.26. The fraction of sp³-hybridized carbons (Fsp3) is 0.333. The normalized spacial score (nSPS) is 13.0. The van der Waals surface area contributed by atoms with Crippen molar-refractivity contribution >= 4 is 21.3 Å². The zero-order chi connectivity index (χ0) is 13.1. The summed E-state index contributed by atoms with van der Waals surface area (Å²) in [6, 6.07) is 10.8. The molecule has 0 fully saturated rings. The van der Waals surface area contributed by atoms with Crippen LogP contribution in [0.2, 0.25) is 32.7 Å². The van der Waals surface area contributed by atoms with Crippen LogP contribution in [0.5, 0.6) is 0 Å². The minimum Gasteiger partial charge on any atom is -0.0994 e. The van der Waals surface area contributed by atoms with Gasteiger partial charge in [-0.3, -0.25) is 0 Å². The number of benzene rings is 1. The highest BCUT2D eigenvalue weighted by molar-refractivity contribution is 6.96. The first-order valence-corrected chi connectivity index (χ1v) is 12.8. The summed E-state index contributed by atoms with van der Waals surface area (Å²) >= 11 is 0. The van der Waals surface area contributed by atoms with Crippen LogP contribution in [-0.4, -0.2) is 16.1 Å². The molecular weight excluding hydrogens is 236 g/mol. The van der Waals surface area contributed by atoms with Crippen molar-refractivity contribution in [1.82, 2.24) is 0 Å². The maximum absolute atomic E-state index is 4.30. The SMILES string of the molecule is C=C(/C=C/[Si](C)(C)C)[Si](C)(C)c1ccccc1. The Kier molecular flexibility index (Phi) is 4.33. The van der Waals surface area contributed by atoms with E-state index >= 15 is 0 Å². The molecule has 0 aliphatic carbocycles. The van der Waals surface area contributed by atoms with Crippen LogP contribution in [0.25, 0.3) is 0 Å². The van der Waals surface area contributed by atoms with Gasteiger partial charge < -0.3 is 0 Å². The highest BCUT2D eigenvalue weighted by Gasteiger charge is 2.25. The second-order valence-corrected chi connectivity index (χ2v) is 15.8. The molecule has 0 heterocycles. The van der Waals surface area contributed by atoms with E-state index in [1.54, 1.807) is 0 Å². The van der Waals surface area contributed by atoms with Crippen molar-refractivity contribution in [1.29, 1.82) is 0 Å². The van der Waals surface area contributed by atoms with Crippen LogP contribution in [0.3, 0.4) is 0 Å². The van der Waals surface area contributed by atoms with Gasteiger partial charge in [0.15, 0.2) is 0 Å². The van der Waals surface area contributed by atoms with Crippen LogP contribution >= 0.6 is 0 Å². The Labute approximate surface area is 108 Å². The van der Waals surface area contributed by atoms with Crippen LogP contribution in [0, 0.1) is 0 Å². The maximum atomic E-state index is 4.30. The molecule has 0 N–H and O–H groups in total. The quantitative estimate of drug-likeness (QED) is 0.564. The monoisotopic (exact) mass is 260 g/mol. The van der Waals surface area contributed by atoms with E-state index in [9.17, 15) is 0 Å². The van der Waals surface area contributed by atoms with Crippen LogP contribution in [0.1, 0.15) is 0 Å². The van der Waals surface area contributed by atoms with Crippen LogP contribution < -0.4 is 5.19 Å². The molecule has 0 unspecified atom stereocenters. The van der Waals surface area contributed by atoms with Gasteiger partial charge >= 0.3 is 0 Å². The molecule has 92 valence electrons. The van der Waals surface area contributed by atoms with Crippen molar-refractivity contribution in [2.45, 2.75) is 32.7 Å². The summed E-state index contributed by atoms with van der Waals surface area (Å²) in [5.74, 6) is 0. The van der Waals surface area contributed by atoms with Gasteiger partial charge in [-0.2, -0.15) is 0 Å². The van der Waals surface area contributed by atoms with Gasteiger partial charge in [-0.1, -0.05) is 91.8 Å². The number of hydrogen-bond donors (Lipinski definition) is 0. The molecule has 1 aromatic carbocycles. The average molecular weight is 261 g/mol. The predicted octanol–water partition coefficient (Wildman–Crippen LogP) is 4.13. The summed E-state index contributed by atoms with van der Waals surface area (Å²) < 4.78 is 0. The van der Waals surface area contributed by atoms with Gasteiger partial charge in [0.1, 0.15) is 8.07 Å². The van der Waals surface area contributed by atoms with Gasteiger partial charge in [0.05, 0.1) is 8.07 Å². The van der Waals surface area contributed by atoms with E-state index in [0.717, 1.165) is 0 Å². The fourth-order valence-electron chi connectivity index (χ4n) is 1.60. The Bertz CT molecular complexity index is 408. The fourth-order valence-corrected chi connectivity index (χ4v) is 4.36. The molecule has 0 amide bonds. The summed E-state index contributed by atoms with van der Waals surface area (Å²) in [5, 5.41) is 2.79. The lowest BCUT2D eigenvalue weighted by Crippen LogP contribution is -2.43. The molecule has 0 aromatic heterocycles. The lowest BCUT2D eigenvalue weighted by atomic mass is 10.4. The molecule has 17 heavy (non-hydrogen) atoms. The van der Waals surface area contributed by atoms with Crippen molar-refractivity contribution < 1.29 is 0 Å². The first-order chi connectivity index (χ1) is 7.73. The first kappa shape index (κ1) is 14.2. The van der Waals surface area contributed by atoms with E-state index < -0.39 is 16.1 Å². The number of hydrogen-bond acceptors (Lipinski definition) is 0. The minimum atomic E-state index is -1.54.